The van der Waals surface area contributed by atoms with Gasteiger partial charge in [0.05, 0.1) is 14.2 Å². The molecule has 1 aromatic heterocycles. The Hall–Kier alpha value is -2.54. The highest BCUT2D eigenvalue weighted by Gasteiger charge is 2.06. The number of hydrazone groups is 1. The van der Waals surface area contributed by atoms with Gasteiger partial charge in [-0.05, 0) is 50.3 Å². The number of benzene rings is 1. The van der Waals surface area contributed by atoms with Crippen molar-refractivity contribution >= 4 is 28.7 Å². The Morgan fingerprint density at radius 1 is 1.13 bits per heavy atom. The largest absolute Gasteiger partial charge is 0.493 e. The maximum Gasteiger partial charge on any atom is 0.191 e. The van der Waals surface area contributed by atoms with Crippen LogP contribution in [0.1, 0.15) is 18.4 Å². The molecule has 0 bridgehead atoms. The third-order valence-corrected chi connectivity index (χ3v) is 3.26. The first kappa shape index (κ1) is 16.8. The molecular weight excluding hydrogens is 314 g/mol. The van der Waals surface area contributed by atoms with E-state index >= 15 is 0 Å². The van der Waals surface area contributed by atoms with E-state index in [0.29, 0.717) is 28.1 Å². The number of methoxy groups -OCH3 is 2. The monoisotopic (exact) mass is 333 g/mol. The van der Waals surface area contributed by atoms with E-state index in [0.717, 1.165) is 11.4 Å². The Bertz CT molecular complexity index is 725. The van der Waals surface area contributed by atoms with E-state index in [2.05, 4.69) is 15.8 Å². The molecule has 2 N–H and O–H groups in total. The first-order chi connectivity index (χ1) is 11.0. The predicted octanol–water partition coefficient (Wildman–Crippen LogP) is 3.32. The van der Waals surface area contributed by atoms with Crippen LogP contribution in [0.2, 0.25) is 0 Å². The molecule has 2 aromatic rings. The minimum atomic E-state index is 0.361. The molecule has 0 spiro atoms. The van der Waals surface area contributed by atoms with Gasteiger partial charge >= 0.3 is 0 Å². The molecule has 0 amide bonds. The number of nitrogens with one attached hydrogen (secondary N) is 2. The zero-order valence-corrected chi connectivity index (χ0v) is 14.3. The summed E-state index contributed by atoms with van der Waals surface area (Å²) in [7, 11) is 3.17. The lowest BCUT2D eigenvalue weighted by atomic mass is 10.3. The molecule has 0 saturated carbocycles. The molecule has 0 unspecified atom stereocenters. The van der Waals surface area contributed by atoms with Gasteiger partial charge in [-0.25, -0.2) is 0 Å². The van der Waals surface area contributed by atoms with Gasteiger partial charge in [0.1, 0.15) is 17.2 Å². The average molecular weight is 333 g/mol. The van der Waals surface area contributed by atoms with Crippen molar-refractivity contribution in [3.63, 3.8) is 0 Å². The maximum atomic E-state index is 5.49. The van der Waals surface area contributed by atoms with Crippen LogP contribution in [0.5, 0.6) is 11.5 Å². The van der Waals surface area contributed by atoms with Crippen LogP contribution in [0.4, 0.5) is 5.69 Å². The second-order valence-electron chi connectivity index (χ2n) is 4.74. The van der Waals surface area contributed by atoms with Gasteiger partial charge in [0.2, 0.25) is 0 Å². The van der Waals surface area contributed by atoms with Crippen LogP contribution in [0.25, 0.3) is 0 Å². The van der Waals surface area contributed by atoms with Crippen LogP contribution in [0.3, 0.4) is 0 Å². The van der Waals surface area contributed by atoms with Crippen molar-refractivity contribution in [2.24, 2.45) is 5.10 Å². The zero-order chi connectivity index (χ0) is 16.8. The molecule has 0 radical (unpaired) electrons. The topological polar surface area (TPSA) is 68.0 Å². The molecule has 122 valence electrons. The van der Waals surface area contributed by atoms with Gasteiger partial charge in [-0.15, -0.1) is 0 Å². The molecule has 0 atom stereocenters. The van der Waals surface area contributed by atoms with Gasteiger partial charge < -0.3 is 19.2 Å². The smallest absolute Gasteiger partial charge is 0.191 e. The lowest BCUT2D eigenvalue weighted by Crippen LogP contribution is -2.24. The lowest BCUT2D eigenvalue weighted by Gasteiger charge is -2.11. The fourth-order valence-electron chi connectivity index (χ4n) is 1.89. The third kappa shape index (κ3) is 4.46. The number of aryl methyl sites for hydroxylation is 1. The molecule has 0 aliphatic rings. The number of ether oxygens (including phenoxy) is 2. The van der Waals surface area contributed by atoms with Crippen molar-refractivity contribution in [2.75, 3.05) is 19.5 Å². The SMILES string of the molecule is COc1ccc(NC(=S)N/N=C(/C)c2ccc(C)o2)cc1OC. The second kappa shape index (κ2) is 7.64. The molecule has 6 nitrogen and oxygen atoms in total. The van der Waals surface area contributed by atoms with Crippen molar-refractivity contribution < 1.29 is 13.9 Å². The summed E-state index contributed by atoms with van der Waals surface area (Å²) >= 11 is 5.22. The molecule has 1 heterocycles. The lowest BCUT2D eigenvalue weighted by molar-refractivity contribution is 0.355. The average Bonchev–Trinajstić information content (AvgIpc) is 2.99. The van der Waals surface area contributed by atoms with Crippen LogP contribution in [-0.4, -0.2) is 25.0 Å². The first-order valence-electron chi connectivity index (χ1n) is 6.93. The van der Waals surface area contributed by atoms with Crippen molar-refractivity contribution in [2.45, 2.75) is 13.8 Å². The van der Waals surface area contributed by atoms with Gasteiger partial charge in [0.15, 0.2) is 16.6 Å². The Balaban J connectivity index is 1.99. The third-order valence-electron chi connectivity index (χ3n) is 3.06. The van der Waals surface area contributed by atoms with E-state index in [1.165, 1.54) is 0 Å². The fraction of sp³-hybridized carbons (Fsp3) is 0.250. The van der Waals surface area contributed by atoms with Crippen LogP contribution >= 0.6 is 12.2 Å². The van der Waals surface area contributed by atoms with E-state index in [1.807, 2.05) is 32.0 Å². The summed E-state index contributed by atoms with van der Waals surface area (Å²) in [6.45, 7) is 3.72. The van der Waals surface area contributed by atoms with Gasteiger partial charge in [-0.2, -0.15) is 5.10 Å². The highest BCUT2D eigenvalue weighted by atomic mass is 32.1. The molecule has 0 aliphatic heterocycles. The predicted molar refractivity (Wildman–Crippen MR) is 94.6 cm³/mol. The molecule has 0 fully saturated rings. The summed E-state index contributed by atoms with van der Waals surface area (Å²) in [5.74, 6) is 2.80. The van der Waals surface area contributed by atoms with Gasteiger partial charge in [-0.3, -0.25) is 5.43 Å². The summed E-state index contributed by atoms with van der Waals surface area (Å²) in [4.78, 5) is 0. The standard InChI is InChI=1S/C16H19N3O3S/c1-10-5-7-13(22-10)11(2)18-19-16(23)17-12-6-8-14(20-3)15(9-12)21-4/h5-9H,1-4H3,(H2,17,19,23)/b18-11-. The summed E-state index contributed by atoms with van der Waals surface area (Å²) in [5, 5.41) is 7.58. The van der Waals surface area contributed by atoms with E-state index in [4.69, 9.17) is 26.1 Å². The van der Waals surface area contributed by atoms with Gasteiger partial charge in [-0.1, -0.05) is 0 Å². The van der Waals surface area contributed by atoms with E-state index < -0.39 is 0 Å². The molecule has 7 heteroatoms. The van der Waals surface area contributed by atoms with E-state index in [9.17, 15) is 0 Å². The number of nitrogens with zero attached hydrogens (tertiary/aromatic N) is 1. The normalized spacial score (nSPS) is 11.0. The minimum Gasteiger partial charge on any atom is -0.493 e. The highest BCUT2D eigenvalue weighted by Crippen LogP contribution is 2.29. The summed E-state index contributed by atoms with van der Waals surface area (Å²) < 4.78 is 15.9. The molecule has 1 aromatic carbocycles. The van der Waals surface area contributed by atoms with Crippen LogP contribution < -0.4 is 20.2 Å². The Morgan fingerprint density at radius 3 is 2.48 bits per heavy atom. The van der Waals surface area contributed by atoms with Crippen molar-refractivity contribution in [3.8, 4) is 11.5 Å². The van der Waals surface area contributed by atoms with Gasteiger partial charge in [0, 0.05) is 11.8 Å². The number of furan rings is 1. The molecule has 23 heavy (non-hydrogen) atoms. The van der Waals surface area contributed by atoms with Crippen LogP contribution in [-0.2, 0) is 0 Å². The number of hydrogen-bond donors (Lipinski definition) is 2. The van der Waals surface area contributed by atoms with E-state index in [-0.39, 0.29) is 0 Å². The van der Waals surface area contributed by atoms with Crippen LogP contribution in [0, 0.1) is 6.92 Å². The number of hydrogen-bond acceptors (Lipinski definition) is 5. The molecule has 0 saturated heterocycles. The zero-order valence-electron chi connectivity index (χ0n) is 13.5. The maximum absolute atomic E-state index is 5.49. The minimum absolute atomic E-state index is 0.361. The molecular formula is C16H19N3O3S. The number of anilines is 1. The Labute approximate surface area is 140 Å². The molecule has 2 rings (SSSR count). The number of rotatable bonds is 5. The summed E-state index contributed by atoms with van der Waals surface area (Å²) in [6, 6.07) is 9.17. The van der Waals surface area contributed by atoms with Crippen molar-refractivity contribution in [1.29, 1.82) is 0 Å². The van der Waals surface area contributed by atoms with E-state index in [1.54, 1.807) is 26.4 Å². The summed E-state index contributed by atoms with van der Waals surface area (Å²) in [6.07, 6.45) is 0. The van der Waals surface area contributed by atoms with Gasteiger partial charge in [0.25, 0.3) is 0 Å². The number of thiocarbonyl (C=S) groups is 1. The Morgan fingerprint density at radius 2 is 1.87 bits per heavy atom. The molecule has 0 aliphatic carbocycles. The van der Waals surface area contributed by atoms with Crippen molar-refractivity contribution in [1.82, 2.24) is 5.43 Å². The fourth-order valence-corrected chi connectivity index (χ4v) is 2.06. The van der Waals surface area contributed by atoms with Crippen LogP contribution in [0.15, 0.2) is 39.9 Å². The summed E-state index contributed by atoms with van der Waals surface area (Å²) in [5.41, 5.74) is 4.25. The first-order valence-corrected chi connectivity index (χ1v) is 7.34. The Kier molecular flexibility index (Phi) is 5.59. The second-order valence-corrected chi connectivity index (χ2v) is 5.15. The highest BCUT2D eigenvalue weighted by molar-refractivity contribution is 7.80. The van der Waals surface area contributed by atoms with Crippen molar-refractivity contribution in [3.05, 3.63) is 41.9 Å². The quantitative estimate of drug-likeness (QED) is 0.497.